The molecule has 2 N–H and O–H groups in total. The van der Waals surface area contributed by atoms with Gasteiger partial charge in [0, 0.05) is 31.9 Å². The second-order valence-corrected chi connectivity index (χ2v) is 14.6. The number of ether oxygens (including phenoxy) is 3. The summed E-state index contributed by atoms with van der Waals surface area (Å²) in [5, 5.41) is 13.7. The molecule has 3 aliphatic heterocycles. The summed E-state index contributed by atoms with van der Waals surface area (Å²) < 4.78 is 69.0. The lowest BCUT2D eigenvalue weighted by Crippen LogP contribution is -2.47. The number of sulfonamides is 1. The largest absolute Gasteiger partial charge is 0.493 e. The van der Waals surface area contributed by atoms with Crippen molar-refractivity contribution in [2.75, 3.05) is 45.7 Å². The molecule has 2 fully saturated rings. The van der Waals surface area contributed by atoms with Gasteiger partial charge in [0.1, 0.15) is 24.2 Å². The highest BCUT2D eigenvalue weighted by Crippen LogP contribution is 2.38. The van der Waals surface area contributed by atoms with Crippen LogP contribution in [0.1, 0.15) is 31.2 Å². The number of rotatable bonds is 9. The molecule has 0 amide bonds. The number of aliphatic hydroxyl groups is 1. The quantitative estimate of drug-likeness (QED) is 0.455. The molecule has 214 valence electrons. The number of piperidine rings is 1. The highest BCUT2D eigenvalue weighted by atomic mass is 32.2. The fourth-order valence-corrected chi connectivity index (χ4v) is 7.60. The molecule has 2 saturated heterocycles. The topological polar surface area (TPSA) is 131 Å². The summed E-state index contributed by atoms with van der Waals surface area (Å²) in [6.07, 6.45) is 4.01. The molecule has 12 heteroatoms. The third kappa shape index (κ3) is 6.58. The van der Waals surface area contributed by atoms with E-state index in [0.717, 1.165) is 36.8 Å². The maximum absolute atomic E-state index is 13.3. The molecule has 0 bridgehead atoms. The van der Waals surface area contributed by atoms with Gasteiger partial charge in [-0.1, -0.05) is 6.07 Å². The summed E-state index contributed by atoms with van der Waals surface area (Å²) in [5.41, 5.74) is 0.569. The van der Waals surface area contributed by atoms with Gasteiger partial charge in [-0.25, -0.2) is 16.8 Å². The second-order valence-electron chi connectivity index (χ2n) is 10.6. The van der Waals surface area contributed by atoms with Crippen molar-refractivity contribution in [2.24, 2.45) is 0 Å². The Labute approximate surface area is 230 Å². The molecule has 1 spiro atoms. The molecule has 0 radical (unpaired) electrons. The number of nitrogens with zero attached hydrogens (tertiary/aromatic N) is 1. The van der Waals surface area contributed by atoms with Crippen molar-refractivity contribution in [1.29, 1.82) is 0 Å². The SMILES string of the molecule is CS(=O)(=O)c1cccc(OC[C@@H](O)CNC2COC3(CCN(S(=O)(=O)c4ccc5c(c4)CCCO5)CC3)C2)c1. The van der Waals surface area contributed by atoms with E-state index < -0.39 is 26.0 Å². The van der Waals surface area contributed by atoms with Crippen LogP contribution in [0.4, 0.5) is 0 Å². The van der Waals surface area contributed by atoms with Crippen molar-refractivity contribution < 1.29 is 36.2 Å². The summed E-state index contributed by atoms with van der Waals surface area (Å²) in [6.45, 7) is 2.25. The molecule has 2 aromatic carbocycles. The Morgan fingerprint density at radius 3 is 2.69 bits per heavy atom. The summed E-state index contributed by atoms with van der Waals surface area (Å²) in [7, 11) is -6.93. The standard InChI is InChI=1S/C27H36N2O8S2/c1-38(31,32)24-6-2-5-23(15-24)36-19-22(30)17-28-21-16-27(37-18-21)9-11-29(12-10-27)39(33,34)25-7-8-26-20(14-25)4-3-13-35-26/h2,5-8,14-15,21-22,28,30H,3-4,9-13,16-19H2,1H3/t21?,22-/m0/s1. The van der Waals surface area contributed by atoms with Crippen molar-refractivity contribution in [1.82, 2.24) is 9.62 Å². The zero-order chi connectivity index (χ0) is 27.7. The summed E-state index contributed by atoms with van der Waals surface area (Å²) in [6, 6.07) is 11.4. The molecule has 0 saturated carbocycles. The van der Waals surface area contributed by atoms with Crippen LogP contribution in [0.3, 0.4) is 0 Å². The number of benzene rings is 2. The van der Waals surface area contributed by atoms with E-state index >= 15 is 0 Å². The van der Waals surface area contributed by atoms with E-state index in [0.29, 0.717) is 56.3 Å². The first-order valence-electron chi connectivity index (χ1n) is 13.3. The highest BCUT2D eigenvalue weighted by molar-refractivity contribution is 7.90. The molecular weight excluding hydrogens is 544 g/mol. The number of hydrogen-bond donors (Lipinski definition) is 2. The Hall–Kier alpha value is -2.22. The van der Waals surface area contributed by atoms with Crippen LogP contribution in [0.2, 0.25) is 0 Å². The third-order valence-electron chi connectivity index (χ3n) is 7.68. The van der Waals surface area contributed by atoms with Gasteiger partial charge in [0.25, 0.3) is 0 Å². The van der Waals surface area contributed by atoms with Crippen LogP contribution >= 0.6 is 0 Å². The first kappa shape index (κ1) is 28.3. The van der Waals surface area contributed by atoms with Gasteiger partial charge in [0.15, 0.2) is 9.84 Å². The minimum Gasteiger partial charge on any atom is -0.493 e. The number of hydrogen-bond acceptors (Lipinski definition) is 9. The summed E-state index contributed by atoms with van der Waals surface area (Å²) in [4.78, 5) is 0.478. The number of fused-ring (bicyclic) bond motifs is 1. The van der Waals surface area contributed by atoms with Gasteiger partial charge in [-0.3, -0.25) is 0 Å². The Kier molecular flexibility index (Phi) is 8.23. The van der Waals surface area contributed by atoms with Crippen LogP contribution in [-0.2, 0) is 31.0 Å². The van der Waals surface area contributed by atoms with Gasteiger partial charge in [-0.2, -0.15) is 4.31 Å². The zero-order valence-corrected chi connectivity index (χ0v) is 23.7. The van der Waals surface area contributed by atoms with Crippen LogP contribution in [0.15, 0.2) is 52.3 Å². The van der Waals surface area contributed by atoms with Gasteiger partial charge in [-0.15, -0.1) is 0 Å². The van der Waals surface area contributed by atoms with E-state index in [1.165, 1.54) is 12.1 Å². The van der Waals surface area contributed by atoms with E-state index in [1.807, 2.05) is 0 Å². The predicted molar refractivity (Wildman–Crippen MR) is 144 cm³/mol. The van der Waals surface area contributed by atoms with Gasteiger partial charge in [0.05, 0.1) is 28.6 Å². The average Bonchev–Trinajstić information content (AvgIpc) is 3.32. The van der Waals surface area contributed by atoms with Crippen molar-refractivity contribution in [3.05, 3.63) is 48.0 Å². The van der Waals surface area contributed by atoms with E-state index in [-0.39, 0.29) is 23.1 Å². The Morgan fingerprint density at radius 1 is 1.13 bits per heavy atom. The molecule has 39 heavy (non-hydrogen) atoms. The van der Waals surface area contributed by atoms with Gasteiger partial charge in [-0.05, 0) is 74.1 Å². The average molecular weight is 581 g/mol. The molecule has 1 unspecified atom stereocenters. The van der Waals surface area contributed by atoms with Gasteiger partial charge in [0.2, 0.25) is 10.0 Å². The second kappa shape index (κ2) is 11.3. The first-order valence-corrected chi connectivity index (χ1v) is 16.6. The van der Waals surface area contributed by atoms with E-state index in [2.05, 4.69) is 5.32 Å². The van der Waals surface area contributed by atoms with Crippen molar-refractivity contribution in [3.63, 3.8) is 0 Å². The number of nitrogens with one attached hydrogen (secondary N) is 1. The van der Waals surface area contributed by atoms with Crippen LogP contribution in [-0.4, -0.2) is 89.7 Å². The summed E-state index contributed by atoms with van der Waals surface area (Å²) >= 11 is 0. The first-order chi connectivity index (χ1) is 18.5. The lowest BCUT2D eigenvalue weighted by atomic mass is 9.88. The predicted octanol–water partition coefficient (Wildman–Crippen LogP) is 1.76. The number of sulfone groups is 1. The zero-order valence-electron chi connectivity index (χ0n) is 22.0. The number of aliphatic hydroxyl groups excluding tert-OH is 1. The molecule has 10 nitrogen and oxygen atoms in total. The Balaban J connectivity index is 1.08. The molecule has 0 aromatic heterocycles. The van der Waals surface area contributed by atoms with Gasteiger partial charge < -0.3 is 24.6 Å². The van der Waals surface area contributed by atoms with E-state index in [1.54, 1.807) is 34.6 Å². The lowest BCUT2D eigenvalue weighted by molar-refractivity contribution is -0.0312. The Bertz CT molecular complexity index is 1390. The molecule has 2 atom stereocenters. The molecule has 5 rings (SSSR count). The van der Waals surface area contributed by atoms with Crippen LogP contribution in [0.25, 0.3) is 0 Å². The van der Waals surface area contributed by atoms with Crippen LogP contribution in [0.5, 0.6) is 11.5 Å². The van der Waals surface area contributed by atoms with Gasteiger partial charge >= 0.3 is 0 Å². The molecular formula is C27H36N2O8S2. The van der Waals surface area contributed by atoms with Crippen LogP contribution in [0, 0.1) is 0 Å². The third-order valence-corrected chi connectivity index (χ3v) is 10.7. The lowest BCUT2D eigenvalue weighted by Gasteiger charge is -2.38. The molecule has 3 aliphatic rings. The van der Waals surface area contributed by atoms with Crippen molar-refractivity contribution in [2.45, 2.75) is 59.6 Å². The summed E-state index contributed by atoms with van der Waals surface area (Å²) in [5.74, 6) is 1.15. The highest BCUT2D eigenvalue weighted by Gasteiger charge is 2.44. The smallest absolute Gasteiger partial charge is 0.243 e. The van der Waals surface area contributed by atoms with E-state index in [9.17, 15) is 21.9 Å². The maximum atomic E-state index is 13.3. The van der Waals surface area contributed by atoms with Crippen molar-refractivity contribution in [3.8, 4) is 11.5 Å². The Morgan fingerprint density at radius 2 is 1.92 bits per heavy atom. The van der Waals surface area contributed by atoms with E-state index in [4.69, 9.17) is 14.2 Å². The fourth-order valence-electron chi connectivity index (χ4n) is 5.45. The fraction of sp³-hybridized carbons (Fsp3) is 0.556. The normalized spacial score (nSPS) is 22.3. The molecule has 3 heterocycles. The molecule has 2 aromatic rings. The minimum atomic E-state index is -3.59. The maximum Gasteiger partial charge on any atom is 0.243 e. The monoisotopic (exact) mass is 580 g/mol. The minimum absolute atomic E-state index is 0.0145. The molecule has 0 aliphatic carbocycles. The number of aryl methyl sites for hydroxylation is 1. The van der Waals surface area contributed by atoms with Crippen LogP contribution < -0.4 is 14.8 Å². The van der Waals surface area contributed by atoms with Crippen molar-refractivity contribution >= 4 is 19.9 Å².